The topological polar surface area (TPSA) is 46.5 Å². The van der Waals surface area contributed by atoms with Gasteiger partial charge in [-0.2, -0.15) is 0 Å². The van der Waals surface area contributed by atoms with Crippen molar-refractivity contribution >= 4 is 28.6 Å². The van der Waals surface area contributed by atoms with Crippen molar-refractivity contribution in [2.24, 2.45) is 40.4 Å². The van der Waals surface area contributed by atoms with Crippen molar-refractivity contribution in [2.45, 2.75) is 91.6 Å². The van der Waals surface area contributed by atoms with E-state index in [0.717, 1.165) is 42.3 Å². The van der Waals surface area contributed by atoms with Gasteiger partial charge in [0, 0.05) is 10.3 Å². The number of hydrogen-bond donors (Lipinski definition) is 1. The Morgan fingerprint density at radius 2 is 1.97 bits per heavy atom. The summed E-state index contributed by atoms with van der Waals surface area (Å²) in [5.41, 5.74) is 2.97. The maximum atomic E-state index is 13.0. The number of alkyl halides is 1. The minimum Gasteiger partial charge on any atom is -0.431 e. The first kappa shape index (κ1) is 23.8. The molecular formula is C27H41IO3. The maximum Gasteiger partial charge on any atom is 0.314 e. The fourth-order valence-electron chi connectivity index (χ4n) is 7.57. The average Bonchev–Trinajstić information content (AvgIpc) is 3.10. The van der Waals surface area contributed by atoms with E-state index in [0.29, 0.717) is 30.1 Å². The zero-order valence-corrected chi connectivity index (χ0v) is 22.0. The fraction of sp³-hybridized carbons (Fsp3) is 0.815. The van der Waals surface area contributed by atoms with Gasteiger partial charge in [0.05, 0.1) is 12.0 Å². The minimum atomic E-state index is -0.352. The Hall–Kier alpha value is -0.360. The molecule has 0 bridgehead atoms. The highest BCUT2D eigenvalue weighted by atomic mass is 127. The molecule has 3 aliphatic carbocycles. The number of hydrogen-bond acceptors (Lipinski definition) is 3. The summed E-state index contributed by atoms with van der Waals surface area (Å²) in [7, 11) is 0. The second-order valence-corrected chi connectivity index (χ2v) is 12.5. The van der Waals surface area contributed by atoms with Gasteiger partial charge in [-0.25, -0.2) is 0 Å². The monoisotopic (exact) mass is 540 g/mol. The summed E-state index contributed by atoms with van der Waals surface area (Å²) >= 11 is 2.46. The van der Waals surface area contributed by atoms with Gasteiger partial charge >= 0.3 is 5.97 Å². The Kier molecular flexibility index (Phi) is 6.73. The van der Waals surface area contributed by atoms with Crippen LogP contribution in [0.3, 0.4) is 0 Å². The third-order valence-electron chi connectivity index (χ3n) is 9.93. The van der Waals surface area contributed by atoms with Crippen LogP contribution in [-0.2, 0) is 9.53 Å². The number of allylic oxidation sites excluding steroid dienone is 3. The van der Waals surface area contributed by atoms with Gasteiger partial charge in [-0.15, -0.1) is 0 Å². The lowest BCUT2D eigenvalue weighted by molar-refractivity contribution is -0.170. The molecule has 174 valence electrons. The van der Waals surface area contributed by atoms with Crippen LogP contribution >= 0.6 is 22.6 Å². The molecule has 1 N–H and O–H groups in total. The molecule has 4 heteroatoms. The van der Waals surface area contributed by atoms with E-state index >= 15 is 0 Å². The largest absolute Gasteiger partial charge is 0.431 e. The van der Waals surface area contributed by atoms with Crippen molar-refractivity contribution in [2.75, 3.05) is 4.43 Å². The summed E-state index contributed by atoms with van der Waals surface area (Å²) < 4.78 is 7.28. The van der Waals surface area contributed by atoms with Crippen LogP contribution in [0.2, 0.25) is 0 Å². The molecule has 4 rings (SSSR count). The van der Waals surface area contributed by atoms with Crippen LogP contribution in [0.1, 0.15) is 85.5 Å². The molecule has 1 saturated heterocycles. The van der Waals surface area contributed by atoms with Crippen molar-refractivity contribution in [1.29, 1.82) is 0 Å². The van der Waals surface area contributed by atoms with E-state index in [-0.39, 0.29) is 28.8 Å². The highest BCUT2D eigenvalue weighted by molar-refractivity contribution is 14.1. The van der Waals surface area contributed by atoms with E-state index in [1.807, 2.05) is 0 Å². The van der Waals surface area contributed by atoms with Crippen LogP contribution in [0.15, 0.2) is 23.5 Å². The molecule has 31 heavy (non-hydrogen) atoms. The van der Waals surface area contributed by atoms with E-state index in [1.165, 1.54) is 30.4 Å². The molecule has 0 spiro atoms. The molecule has 0 amide bonds. The molecule has 1 heterocycles. The lowest BCUT2D eigenvalue weighted by Gasteiger charge is -2.54. The van der Waals surface area contributed by atoms with Crippen molar-refractivity contribution in [3.05, 3.63) is 23.5 Å². The summed E-state index contributed by atoms with van der Waals surface area (Å²) in [5.74, 6) is 3.10. The van der Waals surface area contributed by atoms with Gasteiger partial charge in [-0.3, -0.25) is 4.79 Å². The molecule has 8 unspecified atom stereocenters. The van der Waals surface area contributed by atoms with Crippen molar-refractivity contribution in [1.82, 2.24) is 0 Å². The molecule has 8 atom stereocenters. The van der Waals surface area contributed by atoms with Crippen LogP contribution in [-0.4, -0.2) is 21.6 Å². The average molecular weight is 541 g/mol. The van der Waals surface area contributed by atoms with Crippen LogP contribution in [0.5, 0.6) is 0 Å². The summed E-state index contributed by atoms with van der Waals surface area (Å²) in [4.78, 5) is 13.0. The number of esters is 1. The van der Waals surface area contributed by atoms with Crippen LogP contribution in [0.25, 0.3) is 0 Å². The highest BCUT2D eigenvalue weighted by Crippen LogP contribution is 2.64. The molecule has 3 fully saturated rings. The van der Waals surface area contributed by atoms with Crippen LogP contribution in [0, 0.1) is 40.4 Å². The molecule has 4 aliphatic rings. The van der Waals surface area contributed by atoms with Gasteiger partial charge < -0.3 is 9.84 Å². The first-order valence-corrected chi connectivity index (χ1v) is 14.0. The lowest BCUT2D eigenvalue weighted by atomic mass is 9.53. The molecule has 0 aromatic rings. The standard InChI is InChI=1S/C27H41IO3/c1-16(18(3)15-28)6-7-17(2)20-8-9-21-24-22(11-13-26(20,21)4)27(5)12-10-19(29)14-23(27)25(30)31-24/h17-20,22-23,29H,1,6-15H2,2-5H3. The maximum absolute atomic E-state index is 13.0. The molecule has 0 aromatic heterocycles. The smallest absolute Gasteiger partial charge is 0.314 e. The van der Waals surface area contributed by atoms with E-state index in [9.17, 15) is 9.90 Å². The Balaban J connectivity index is 1.55. The zero-order chi connectivity index (χ0) is 22.6. The summed E-state index contributed by atoms with van der Waals surface area (Å²) in [6.45, 7) is 13.8. The van der Waals surface area contributed by atoms with Gasteiger partial charge in [0.25, 0.3) is 0 Å². The van der Waals surface area contributed by atoms with Crippen molar-refractivity contribution in [3.8, 4) is 0 Å². The number of rotatable bonds is 6. The Morgan fingerprint density at radius 1 is 1.23 bits per heavy atom. The predicted molar refractivity (Wildman–Crippen MR) is 134 cm³/mol. The minimum absolute atomic E-state index is 0.0464. The Bertz CT molecular complexity index is 772. The summed E-state index contributed by atoms with van der Waals surface area (Å²) in [6.07, 6.45) is 8.94. The molecule has 3 nitrogen and oxygen atoms in total. The predicted octanol–water partition coefficient (Wildman–Crippen LogP) is 6.83. The van der Waals surface area contributed by atoms with Crippen LogP contribution in [0.4, 0.5) is 0 Å². The number of fused-ring (bicyclic) bond motifs is 4. The summed E-state index contributed by atoms with van der Waals surface area (Å²) in [5, 5.41) is 10.2. The number of ether oxygens (including phenoxy) is 1. The first-order chi connectivity index (χ1) is 14.6. The third-order valence-corrected chi connectivity index (χ3v) is 11.2. The SMILES string of the molecule is C=C(CCC(C)C1CCC2=C3OC(=O)C4CC(O)CCC4(C)C3CCC21C)C(C)CI. The third kappa shape index (κ3) is 3.96. The number of carbonyl (C=O) groups excluding carboxylic acids is 1. The van der Waals surface area contributed by atoms with E-state index in [4.69, 9.17) is 4.74 Å². The number of halogens is 1. The highest BCUT2D eigenvalue weighted by Gasteiger charge is 2.59. The number of carbonyl (C=O) groups is 1. The molecular weight excluding hydrogens is 499 g/mol. The van der Waals surface area contributed by atoms with Gasteiger partial charge in [0.2, 0.25) is 0 Å². The fourth-order valence-corrected chi connectivity index (χ4v) is 8.19. The Morgan fingerprint density at radius 3 is 2.68 bits per heavy atom. The van der Waals surface area contributed by atoms with E-state index in [1.54, 1.807) is 0 Å². The van der Waals surface area contributed by atoms with Gasteiger partial charge in [-0.1, -0.05) is 62.4 Å². The van der Waals surface area contributed by atoms with Gasteiger partial charge in [0.15, 0.2) is 0 Å². The van der Waals surface area contributed by atoms with Crippen molar-refractivity contribution in [3.63, 3.8) is 0 Å². The Labute approximate surface area is 202 Å². The van der Waals surface area contributed by atoms with Gasteiger partial charge in [-0.05, 0) is 91.9 Å². The molecule has 0 aromatic carbocycles. The zero-order valence-electron chi connectivity index (χ0n) is 19.9. The quantitative estimate of drug-likeness (QED) is 0.174. The normalized spacial score (nSPS) is 41.7. The molecule has 1 aliphatic heterocycles. The molecule has 2 saturated carbocycles. The summed E-state index contributed by atoms with van der Waals surface area (Å²) in [6, 6.07) is 0. The van der Waals surface area contributed by atoms with E-state index in [2.05, 4.69) is 56.9 Å². The van der Waals surface area contributed by atoms with E-state index < -0.39 is 0 Å². The number of aliphatic hydroxyl groups excluding tert-OH is 1. The van der Waals surface area contributed by atoms with Crippen molar-refractivity contribution < 1.29 is 14.6 Å². The van der Waals surface area contributed by atoms with Crippen LogP contribution < -0.4 is 0 Å². The first-order valence-electron chi connectivity index (χ1n) is 12.5. The second-order valence-electron chi connectivity index (χ2n) is 11.6. The van der Waals surface area contributed by atoms with Gasteiger partial charge in [0.1, 0.15) is 5.76 Å². The number of aliphatic hydroxyl groups is 1. The second kappa shape index (κ2) is 8.77. The molecule has 0 radical (unpaired) electrons. The lowest BCUT2D eigenvalue weighted by Crippen LogP contribution is -2.52.